The molecule has 124 valence electrons. The lowest BCUT2D eigenvalue weighted by atomic mass is 9.99. The van der Waals surface area contributed by atoms with Gasteiger partial charge < -0.3 is 14.6 Å². The van der Waals surface area contributed by atoms with Crippen LogP contribution in [0.1, 0.15) is 25.3 Å². The van der Waals surface area contributed by atoms with Crippen LogP contribution in [0.2, 0.25) is 0 Å². The number of alkyl halides is 3. The van der Waals surface area contributed by atoms with Crippen molar-refractivity contribution in [1.82, 2.24) is 15.4 Å². The zero-order valence-electron chi connectivity index (χ0n) is 12.5. The Morgan fingerprint density at radius 2 is 2.14 bits per heavy atom. The normalized spacial score (nSPS) is 20.9. The SMILES string of the molecule is CN1CCOCC1C(=O)NC(C)(C)c1cc(C(F)(F)F)on1. The van der Waals surface area contributed by atoms with E-state index in [0.29, 0.717) is 13.2 Å². The van der Waals surface area contributed by atoms with Crippen LogP contribution in [0.4, 0.5) is 13.2 Å². The van der Waals surface area contributed by atoms with Gasteiger partial charge in [-0.2, -0.15) is 13.2 Å². The van der Waals surface area contributed by atoms with Gasteiger partial charge in [-0.05, 0) is 20.9 Å². The number of ether oxygens (including phenoxy) is 1. The van der Waals surface area contributed by atoms with Gasteiger partial charge in [-0.3, -0.25) is 9.69 Å². The van der Waals surface area contributed by atoms with E-state index in [4.69, 9.17) is 4.74 Å². The van der Waals surface area contributed by atoms with Crippen LogP contribution in [0.3, 0.4) is 0 Å². The molecule has 9 heteroatoms. The molecule has 2 rings (SSSR count). The quantitative estimate of drug-likeness (QED) is 0.911. The van der Waals surface area contributed by atoms with E-state index in [9.17, 15) is 18.0 Å². The average molecular weight is 321 g/mol. The fourth-order valence-electron chi connectivity index (χ4n) is 2.12. The van der Waals surface area contributed by atoms with Crippen molar-refractivity contribution in [1.29, 1.82) is 0 Å². The molecule has 0 radical (unpaired) electrons. The number of carbonyl (C=O) groups excluding carboxylic acids is 1. The van der Waals surface area contributed by atoms with Crippen LogP contribution in [0.25, 0.3) is 0 Å². The minimum atomic E-state index is -4.61. The molecule has 22 heavy (non-hydrogen) atoms. The third kappa shape index (κ3) is 3.58. The first-order chi connectivity index (χ1) is 10.1. The smallest absolute Gasteiger partial charge is 0.378 e. The fourth-order valence-corrected chi connectivity index (χ4v) is 2.12. The van der Waals surface area contributed by atoms with E-state index in [0.717, 1.165) is 6.07 Å². The topological polar surface area (TPSA) is 67.6 Å². The number of hydrogen-bond acceptors (Lipinski definition) is 5. The summed E-state index contributed by atoms with van der Waals surface area (Å²) in [7, 11) is 1.79. The highest BCUT2D eigenvalue weighted by molar-refractivity contribution is 5.82. The number of halogens is 3. The molecule has 1 aliphatic rings. The standard InChI is InChI=1S/C13H18F3N3O3/c1-12(2,9-6-10(22-18-9)13(14,15)16)17-11(20)8-7-21-5-4-19(8)3/h6,8H,4-5,7H2,1-3H3,(H,17,20). The highest BCUT2D eigenvalue weighted by Crippen LogP contribution is 2.32. The van der Waals surface area contributed by atoms with Gasteiger partial charge in [0.05, 0.1) is 18.8 Å². The van der Waals surface area contributed by atoms with E-state index in [1.165, 1.54) is 0 Å². The predicted molar refractivity (Wildman–Crippen MR) is 69.9 cm³/mol. The number of nitrogens with zero attached hydrogens (tertiary/aromatic N) is 2. The van der Waals surface area contributed by atoms with Crippen molar-refractivity contribution in [3.05, 3.63) is 17.5 Å². The summed E-state index contributed by atoms with van der Waals surface area (Å²) in [6.07, 6.45) is -4.61. The summed E-state index contributed by atoms with van der Waals surface area (Å²) in [6.45, 7) is 4.52. The minimum Gasteiger partial charge on any atom is -0.378 e. The first kappa shape index (κ1) is 16.8. The number of carbonyl (C=O) groups is 1. The molecule has 0 aliphatic carbocycles. The zero-order chi connectivity index (χ0) is 16.5. The van der Waals surface area contributed by atoms with Crippen LogP contribution in [0, 0.1) is 0 Å². The number of likely N-dealkylation sites (N-methyl/N-ethyl adjacent to an activating group) is 1. The van der Waals surface area contributed by atoms with Gasteiger partial charge in [-0.15, -0.1) is 0 Å². The number of hydrogen-bond donors (Lipinski definition) is 1. The molecule has 1 aromatic rings. The lowest BCUT2D eigenvalue weighted by Gasteiger charge is -2.34. The fraction of sp³-hybridized carbons (Fsp3) is 0.692. The van der Waals surface area contributed by atoms with Crippen molar-refractivity contribution in [2.45, 2.75) is 31.6 Å². The zero-order valence-corrected chi connectivity index (χ0v) is 12.5. The third-order valence-corrected chi connectivity index (χ3v) is 3.56. The summed E-state index contributed by atoms with van der Waals surface area (Å²) in [4.78, 5) is 14.1. The van der Waals surface area contributed by atoms with Crippen molar-refractivity contribution < 1.29 is 27.2 Å². The maximum absolute atomic E-state index is 12.5. The average Bonchev–Trinajstić information content (AvgIpc) is 2.88. The van der Waals surface area contributed by atoms with Crippen LogP contribution in [-0.4, -0.2) is 48.8 Å². The first-order valence-electron chi connectivity index (χ1n) is 6.75. The van der Waals surface area contributed by atoms with Gasteiger partial charge in [0, 0.05) is 12.6 Å². The Morgan fingerprint density at radius 3 is 2.68 bits per heavy atom. The van der Waals surface area contributed by atoms with Gasteiger partial charge in [-0.25, -0.2) is 0 Å². The summed E-state index contributed by atoms with van der Waals surface area (Å²) in [6, 6.07) is 0.309. The first-order valence-corrected chi connectivity index (χ1v) is 6.75. The summed E-state index contributed by atoms with van der Waals surface area (Å²) in [5.41, 5.74) is -1.09. The molecule has 0 aromatic carbocycles. The van der Waals surface area contributed by atoms with Crippen molar-refractivity contribution in [2.75, 3.05) is 26.8 Å². The molecule has 0 saturated carbocycles. The Kier molecular flexibility index (Phi) is 4.48. The van der Waals surface area contributed by atoms with Crippen molar-refractivity contribution in [3.63, 3.8) is 0 Å². The maximum atomic E-state index is 12.5. The molecule has 1 N–H and O–H groups in total. The van der Waals surface area contributed by atoms with Crippen LogP contribution in [0.15, 0.2) is 10.6 Å². The number of aromatic nitrogens is 1. The van der Waals surface area contributed by atoms with Gasteiger partial charge in [0.2, 0.25) is 11.7 Å². The Labute approximate surface area is 125 Å². The second-order valence-corrected chi connectivity index (χ2v) is 5.76. The van der Waals surface area contributed by atoms with E-state index < -0.39 is 23.5 Å². The highest BCUT2D eigenvalue weighted by atomic mass is 19.4. The monoisotopic (exact) mass is 321 g/mol. The number of rotatable bonds is 3. The van der Waals surface area contributed by atoms with Gasteiger partial charge in [0.25, 0.3) is 0 Å². The molecule has 1 aliphatic heterocycles. The van der Waals surface area contributed by atoms with Crippen molar-refractivity contribution in [3.8, 4) is 0 Å². The molecule has 1 unspecified atom stereocenters. The second-order valence-electron chi connectivity index (χ2n) is 5.76. The van der Waals surface area contributed by atoms with Crippen LogP contribution in [-0.2, 0) is 21.2 Å². The molecule has 1 atom stereocenters. The molecule has 1 saturated heterocycles. The molecule has 0 bridgehead atoms. The molecule has 6 nitrogen and oxygen atoms in total. The Morgan fingerprint density at radius 1 is 1.45 bits per heavy atom. The Balaban J connectivity index is 2.10. The summed E-state index contributed by atoms with van der Waals surface area (Å²) in [5, 5.41) is 6.10. The van der Waals surface area contributed by atoms with E-state index in [1.807, 2.05) is 4.90 Å². The van der Waals surface area contributed by atoms with Crippen LogP contribution < -0.4 is 5.32 Å². The molecule has 0 spiro atoms. The number of morpholine rings is 1. The lowest BCUT2D eigenvalue weighted by molar-refractivity contribution is -0.155. The molecular formula is C13H18F3N3O3. The predicted octanol–water partition coefficient (Wildman–Crippen LogP) is 1.38. The molecule has 1 amide bonds. The Hall–Kier alpha value is -1.61. The summed E-state index contributed by atoms with van der Waals surface area (Å²) in [5.74, 6) is -1.52. The largest absolute Gasteiger partial charge is 0.452 e. The minimum absolute atomic E-state index is 0.00700. The number of nitrogens with one attached hydrogen (secondary N) is 1. The lowest BCUT2D eigenvalue weighted by Crippen LogP contribution is -2.55. The molecule has 1 fully saturated rings. The van der Waals surface area contributed by atoms with Gasteiger partial charge in [0.15, 0.2) is 0 Å². The second kappa shape index (κ2) is 5.88. The molecule has 2 heterocycles. The van der Waals surface area contributed by atoms with Crippen LogP contribution >= 0.6 is 0 Å². The summed E-state index contributed by atoms with van der Waals surface area (Å²) < 4.78 is 47.2. The van der Waals surface area contributed by atoms with Gasteiger partial charge >= 0.3 is 6.18 Å². The van der Waals surface area contributed by atoms with E-state index in [2.05, 4.69) is 15.0 Å². The van der Waals surface area contributed by atoms with Gasteiger partial charge in [0.1, 0.15) is 11.7 Å². The van der Waals surface area contributed by atoms with Crippen molar-refractivity contribution in [2.24, 2.45) is 0 Å². The molecule has 1 aromatic heterocycles. The van der Waals surface area contributed by atoms with E-state index in [-0.39, 0.29) is 18.2 Å². The Bertz CT molecular complexity index is 542. The highest BCUT2D eigenvalue weighted by Gasteiger charge is 2.39. The summed E-state index contributed by atoms with van der Waals surface area (Å²) >= 11 is 0. The maximum Gasteiger partial charge on any atom is 0.452 e. The third-order valence-electron chi connectivity index (χ3n) is 3.56. The van der Waals surface area contributed by atoms with Crippen LogP contribution in [0.5, 0.6) is 0 Å². The number of amides is 1. The molecular weight excluding hydrogens is 303 g/mol. The van der Waals surface area contributed by atoms with E-state index in [1.54, 1.807) is 20.9 Å². The van der Waals surface area contributed by atoms with Gasteiger partial charge in [-0.1, -0.05) is 5.16 Å². The van der Waals surface area contributed by atoms with E-state index >= 15 is 0 Å². The van der Waals surface area contributed by atoms with Crippen molar-refractivity contribution >= 4 is 5.91 Å².